The van der Waals surface area contributed by atoms with Gasteiger partial charge in [-0.25, -0.2) is 43.1 Å². The van der Waals surface area contributed by atoms with E-state index in [2.05, 4.69) is 40.9 Å². The first-order valence-electron chi connectivity index (χ1n) is 34.5. The summed E-state index contributed by atoms with van der Waals surface area (Å²) < 4.78 is 75.2. The third kappa shape index (κ3) is 16.8. The Balaban J connectivity index is 0.000000180. The quantitative estimate of drug-likeness (QED) is 0.0331. The number of carbonyl (C=O) groups is 3. The lowest BCUT2D eigenvalue weighted by atomic mass is 9.95. The smallest absolute Gasteiger partial charge is 0.258 e. The van der Waals surface area contributed by atoms with Crippen LogP contribution in [0.2, 0.25) is 15.1 Å². The van der Waals surface area contributed by atoms with Crippen LogP contribution in [-0.4, -0.2) is 132 Å². The van der Waals surface area contributed by atoms with E-state index in [1.807, 2.05) is 75.5 Å². The van der Waals surface area contributed by atoms with Gasteiger partial charge in [0.05, 0.1) is 74.8 Å². The number of aryl methyl sites for hydroxylation is 3. The van der Waals surface area contributed by atoms with Gasteiger partial charge >= 0.3 is 0 Å². The second-order valence-electron chi connectivity index (χ2n) is 27.5. The van der Waals surface area contributed by atoms with Crippen molar-refractivity contribution in [3.63, 3.8) is 0 Å². The van der Waals surface area contributed by atoms with Crippen molar-refractivity contribution in [3.8, 4) is 17.2 Å². The fourth-order valence-corrected chi connectivity index (χ4v) is 14.1. The standard InChI is InChI=1S/C25H31ClFN5O3.2C24H29ClFN5O3.H2S/c1-6-34-12-25(7-8-25)31-24(33)18-19(27)17(26)11-16(21(18)35-13(2)3)14(4)23-30-15(5)20-22(28)29-9-10-32(20)23;2*1-11(2)34-21-16(12(3)23-29-13(4)20-22(27)28-7-8-31(20)23)10-17(25)19(26)18(21)24(33)30-14-5-6-15(32)9-14;/h9-11,13-14H,6-8,12H2,1-5H3,(H2,28,29)(H,31,33);2*7-8,10-12,14-15,32H,5-6,9H2,1-4H3,(H2,27,28)(H,30,33);1H2/t14-;12-,14+,15-;12-,14-,15+;/m010./s1. The lowest BCUT2D eigenvalue weighted by Crippen LogP contribution is -2.41. The van der Waals surface area contributed by atoms with Gasteiger partial charge in [0.15, 0.2) is 17.5 Å². The highest BCUT2D eigenvalue weighted by atomic mass is 35.5. The van der Waals surface area contributed by atoms with Crippen molar-refractivity contribution in [2.75, 3.05) is 30.4 Å². The molecule has 3 fully saturated rings. The number of hydrogen-bond acceptors (Lipinski definition) is 18. The normalized spacial score (nSPS) is 17.7. The predicted molar refractivity (Wildman–Crippen MR) is 399 cm³/mol. The summed E-state index contributed by atoms with van der Waals surface area (Å²) in [5.41, 5.74) is 22.8. The Morgan fingerprint density at radius 2 is 0.856 bits per heavy atom. The van der Waals surface area contributed by atoms with Crippen molar-refractivity contribution in [2.24, 2.45) is 0 Å². The molecule has 9 aromatic rings. The molecule has 0 bridgehead atoms. The minimum absolute atomic E-state index is 0. The average Bonchev–Trinajstić information content (AvgIpc) is 1.44. The Hall–Kier alpha value is -8.38. The molecule has 3 amide bonds. The van der Waals surface area contributed by atoms with Gasteiger partial charge in [-0.1, -0.05) is 55.6 Å². The number of benzene rings is 3. The molecular weight excluding hydrogens is 1430 g/mol. The number of imidazole rings is 3. The number of nitrogens with one attached hydrogen (secondary N) is 3. The van der Waals surface area contributed by atoms with E-state index in [1.165, 1.54) is 18.2 Å². The maximum absolute atomic E-state index is 15.4. The van der Waals surface area contributed by atoms with Crippen LogP contribution in [0.5, 0.6) is 17.2 Å². The molecule has 3 aromatic carbocycles. The summed E-state index contributed by atoms with van der Waals surface area (Å²) in [5, 5.41) is 27.7. The molecule has 31 heteroatoms. The summed E-state index contributed by atoms with van der Waals surface area (Å²) in [7, 11) is 0. The van der Waals surface area contributed by atoms with Gasteiger partial charge in [0.25, 0.3) is 17.7 Å². The van der Waals surface area contributed by atoms with Crippen molar-refractivity contribution in [1.82, 2.24) is 59.1 Å². The Labute approximate surface area is 623 Å². The van der Waals surface area contributed by atoms with E-state index in [-0.39, 0.29) is 92.9 Å². The highest BCUT2D eigenvalue weighted by Gasteiger charge is 2.46. The van der Waals surface area contributed by atoms with Crippen LogP contribution >= 0.6 is 48.3 Å². The molecule has 3 aliphatic carbocycles. The summed E-state index contributed by atoms with van der Waals surface area (Å²) in [6, 6.07) is 3.97. The first kappa shape index (κ1) is 79.7. The Morgan fingerprint density at radius 3 is 1.12 bits per heavy atom. The van der Waals surface area contributed by atoms with E-state index in [0.717, 1.165) is 12.8 Å². The fraction of sp³-hybridized carbons (Fsp3) is 0.466. The Kier molecular flexibility index (Phi) is 25.3. The Bertz CT molecular complexity index is 4500. The molecular formula is C73H91Cl3F3N15O9S. The molecule has 6 aromatic heterocycles. The number of aliphatic hydroxyl groups is 2. The first-order chi connectivity index (χ1) is 48.7. The van der Waals surface area contributed by atoms with Crippen LogP contribution in [-0.2, 0) is 4.74 Å². The maximum atomic E-state index is 15.4. The number of halogens is 6. The molecule has 7 atom stereocenters. The number of rotatable bonds is 21. The van der Waals surface area contributed by atoms with E-state index < -0.39 is 70.7 Å². The van der Waals surface area contributed by atoms with Gasteiger partial charge in [0.1, 0.15) is 85.4 Å². The van der Waals surface area contributed by atoms with Crippen molar-refractivity contribution >= 4 is 100 Å². The number of nitrogens with two attached hydrogens (primary N) is 3. The molecule has 0 spiro atoms. The lowest BCUT2D eigenvalue weighted by molar-refractivity contribution is 0.0820. The minimum Gasteiger partial charge on any atom is -0.490 e. The van der Waals surface area contributed by atoms with E-state index >= 15 is 13.2 Å². The van der Waals surface area contributed by atoms with Gasteiger partial charge in [-0.3, -0.25) is 27.6 Å². The van der Waals surface area contributed by atoms with Crippen molar-refractivity contribution in [2.45, 2.75) is 207 Å². The van der Waals surface area contributed by atoms with Crippen molar-refractivity contribution in [3.05, 3.63) is 156 Å². The van der Waals surface area contributed by atoms with Gasteiger partial charge in [-0.2, -0.15) is 13.5 Å². The summed E-state index contributed by atoms with van der Waals surface area (Å²) in [5.74, 6) is -2.24. The van der Waals surface area contributed by atoms with E-state index in [1.54, 1.807) is 64.9 Å². The number of anilines is 3. The highest BCUT2D eigenvalue weighted by Crippen LogP contribution is 2.45. The molecule has 12 rings (SSSR count). The number of nitrogen functional groups attached to an aromatic ring is 3. The van der Waals surface area contributed by atoms with Crippen LogP contribution in [0, 0.1) is 38.2 Å². The topological polar surface area (TPSA) is 333 Å². The highest BCUT2D eigenvalue weighted by molar-refractivity contribution is 7.59. The van der Waals surface area contributed by atoms with Gasteiger partial charge in [0, 0.05) is 90.3 Å². The molecule has 560 valence electrons. The number of fused-ring (bicyclic) bond motifs is 3. The fourth-order valence-electron chi connectivity index (χ4n) is 13.4. The molecule has 0 aliphatic heterocycles. The zero-order chi connectivity index (χ0) is 75.0. The van der Waals surface area contributed by atoms with Gasteiger partial charge in [-0.15, -0.1) is 0 Å². The monoisotopic (exact) mass is 1520 g/mol. The number of aliphatic hydroxyl groups excluding tert-OH is 2. The number of hydrogen-bond donors (Lipinski definition) is 8. The molecule has 11 N–H and O–H groups in total. The number of amides is 3. The SMILES string of the molecule is CCOCC1(NC(=O)c2c(F)c(Cl)cc([C@H](C)c3nc(C)c4c(N)nccn34)c2OC(C)C)CC1.Cc1nc([C@@H](C)c2cc(Cl)c(F)c(C(=O)N[C@H]3CC[C@@H](O)C3)c2OC(C)C)n2ccnc(N)c12.Cc1nc([C@H](C)c2cc(Cl)c(F)c(C(=O)N[C@H]3CC[C@@H](O)C3)c2OC(C)C)n2ccnc(N)c12.S. The zero-order valence-corrected chi connectivity index (χ0v) is 63.6. The molecule has 3 aliphatic rings. The van der Waals surface area contributed by atoms with Crippen molar-refractivity contribution < 1.29 is 56.7 Å². The summed E-state index contributed by atoms with van der Waals surface area (Å²) in [6.07, 6.45) is 12.9. The second-order valence-corrected chi connectivity index (χ2v) is 28.7. The molecule has 0 unspecified atom stereocenters. The molecule has 24 nitrogen and oxygen atoms in total. The molecule has 3 saturated carbocycles. The third-order valence-electron chi connectivity index (χ3n) is 18.6. The summed E-state index contributed by atoms with van der Waals surface area (Å²) in [4.78, 5) is 66.4. The third-order valence-corrected chi connectivity index (χ3v) is 19.4. The number of nitrogens with zero attached hydrogens (tertiary/aromatic N) is 9. The molecule has 6 heterocycles. The van der Waals surface area contributed by atoms with Crippen LogP contribution in [0.15, 0.2) is 55.4 Å². The van der Waals surface area contributed by atoms with Crippen LogP contribution in [0.4, 0.5) is 30.6 Å². The maximum Gasteiger partial charge on any atom is 0.258 e. The van der Waals surface area contributed by atoms with E-state index in [4.69, 9.17) is 75.9 Å². The van der Waals surface area contributed by atoms with Crippen molar-refractivity contribution in [1.29, 1.82) is 0 Å². The zero-order valence-electron chi connectivity index (χ0n) is 60.3. The van der Waals surface area contributed by atoms with Gasteiger partial charge in [0.2, 0.25) is 0 Å². The summed E-state index contributed by atoms with van der Waals surface area (Å²) in [6.45, 7) is 24.8. The molecule has 0 radical (unpaired) electrons. The van der Waals surface area contributed by atoms with Crippen LogP contribution in [0.3, 0.4) is 0 Å². The van der Waals surface area contributed by atoms with E-state index in [9.17, 15) is 24.6 Å². The number of aromatic nitrogens is 9. The summed E-state index contributed by atoms with van der Waals surface area (Å²) >= 11 is 18.9. The first-order valence-corrected chi connectivity index (χ1v) is 35.6. The predicted octanol–water partition coefficient (Wildman–Crippen LogP) is 12.8. The number of carbonyl (C=O) groups excluding carboxylic acids is 3. The largest absolute Gasteiger partial charge is 0.490 e. The van der Waals surface area contributed by atoms with Gasteiger partial charge in [-0.05, 0) is 139 Å². The minimum atomic E-state index is -0.845. The second kappa shape index (κ2) is 33.0. The lowest BCUT2D eigenvalue weighted by Gasteiger charge is -2.24. The molecule has 104 heavy (non-hydrogen) atoms. The van der Waals surface area contributed by atoms with Crippen LogP contribution in [0.1, 0.15) is 221 Å². The molecule has 0 saturated heterocycles. The number of ether oxygens (including phenoxy) is 4. The Morgan fingerprint density at radius 1 is 0.548 bits per heavy atom. The average molecular weight is 1520 g/mol. The van der Waals surface area contributed by atoms with Crippen LogP contribution in [0.25, 0.3) is 16.6 Å². The van der Waals surface area contributed by atoms with Gasteiger partial charge < -0.3 is 62.3 Å². The van der Waals surface area contributed by atoms with Crippen LogP contribution < -0.4 is 47.4 Å². The van der Waals surface area contributed by atoms with E-state index in [0.29, 0.717) is 137 Å².